The van der Waals surface area contributed by atoms with Crippen molar-refractivity contribution in [1.29, 1.82) is 0 Å². The molecule has 0 aliphatic heterocycles. The van der Waals surface area contributed by atoms with Crippen molar-refractivity contribution in [2.75, 3.05) is 20.1 Å². The first kappa shape index (κ1) is 22.3. The maximum absolute atomic E-state index is 12.8. The molecule has 29 heavy (non-hydrogen) atoms. The van der Waals surface area contributed by atoms with Crippen LogP contribution in [-0.4, -0.2) is 32.0 Å². The van der Waals surface area contributed by atoms with Gasteiger partial charge >= 0.3 is 6.18 Å². The lowest BCUT2D eigenvalue weighted by molar-refractivity contribution is -0.137. The number of hydrogen-bond donors (Lipinski definition) is 3. The molecular weight excluding hydrogens is 385 g/mol. The normalized spacial score (nSPS) is 13.1. The monoisotopic (exact) mass is 410 g/mol. The fraction of sp³-hybridized carbons (Fsp3) is 0.400. The van der Waals surface area contributed by atoms with E-state index >= 15 is 0 Å². The fourth-order valence-corrected chi connectivity index (χ4v) is 2.64. The van der Waals surface area contributed by atoms with E-state index in [0.717, 1.165) is 6.07 Å². The van der Waals surface area contributed by atoms with Crippen molar-refractivity contribution in [3.63, 3.8) is 0 Å². The van der Waals surface area contributed by atoms with Gasteiger partial charge in [0.15, 0.2) is 5.96 Å². The van der Waals surface area contributed by atoms with Crippen LogP contribution in [0.1, 0.15) is 36.1 Å². The largest absolute Gasteiger partial charge is 0.467 e. The quantitative estimate of drug-likeness (QED) is 0.461. The number of benzene rings is 1. The molecule has 0 spiro atoms. The van der Waals surface area contributed by atoms with Crippen molar-refractivity contribution in [3.05, 3.63) is 59.5 Å². The lowest BCUT2D eigenvalue weighted by atomic mass is 9.96. The van der Waals surface area contributed by atoms with E-state index in [9.17, 15) is 18.0 Å². The van der Waals surface area contributed by atoms with Crippen molar-refractivity contribution in [2.24, 2.45) is 4.99 Å². The minimum absolute atomic E-state index is 0.0313. The minimum atomic E-state index is -4.35. The molecule has 1 amide bonds. The average molecular weight is 410 g/mol. The number of guanidine groups is 1. The van der Waals surface area contributed by atoms with Crippen molar-refractivity contribution in [1.82, 2.24) is 16.0 Å². The Kier molecular flexibility index (Phi) is 8.11. The van der Waals surface area contributed by atoms with Gasteiger partial charge in [0.05, 0.1) is 24.9 Å². The number of nitrogens with zero attached hydrogens (tertiary/aromatic N) is 1. The van der Waals surface area contributed by atoms with Crippen LogP contribution in [0.3, 0.4) is 0 Å². The molecule has 158 valence electrons. The Bertz CT molecular complexity index is 804. The summed E-state index contributed by atoms with van der Waals surface area (Å²) >= 11 is 0. The van der Waals surface area contributed by atoms with E-state index in [2.05, 4.69) is 20.9 Å². The summed E-state index contributed by atoms with van der Waals surface area (Å²) in [5, 5.41) is 8.66. The zero-order valence-electron chi connectivity index (χ0n) is 16.3. The van der Waals surface area contributed by atoms with Gasteiger partial charge in [-0.05, 0) is 36.1 Å². The number of alkyl halides is 3. The highest BCUT2D eigenvalue weighted by atomic mass is 19.4. The Morgan fingerprint density at radius 3 is 2.62 bits per heavy atom. The second-order valence-corrected chi connectivity index (χ2v) is 6.52. The first-order chi connectivity index (χ1) is 13.8. The van der Waals surface area contributed by atoms with Gasteiger partial charge in [-0.3, -0.25) is 9.79 Å². The van der Waals surface area contributed by atoms with Crippen LogP contribution in [0.15, 0.2) is 52.1 Å². The van der Waals surface area contributed by atoms with E-state index in [4.69, 9.17) is 4.42 Å². The summed E-state index contributed by atoms with van der Waals surface area (Å²) in [6.07, 6.45) is -2.21. The Hall–Kier alpha value is -2.97. The standard InChI is InChI=1S/C20H25F3N4O2/c1-14(15-5-3-6-16(11-15)20(21,22)23)8-9-25-19(24-2)27-13-18(28)26-12-17-7-4-10-29-17/h3-7,10-11,14H,8-9,12-13H2,1-2H3,(H,26,28)(H2,24,25,27). The van der Waals surface area contributed by atoms with Crippen molar-refractivity contribution in [3.8, 4) is 0 Å². The molecule has 3 N–H and O–H groups in total. The van der Waals surface area contributed by atoms with Gasteiger partial charge in [0.25, 0.3) is 0 Å². The number of furan rings is 1. The molecule has 0 saturated carbocycles. The molecule has 2 rings (SSSR count). The van der Waals surface area contributed by atoms with E-state index in [1.165, 1.54) is 18.4 Å². The summed E-state index contributed by atoms with van der Waals surface area (Å²) in [6, 6.07) is 8.87. The topological polar surface area (TPSA) is 78.7 Å². The Balaban J connectivity index is 1.73. The molecule has 1 atom stereocenters. The summed E-state index contributed by atoms with van der Waals surface area (Å²) in [4.78, 5) is 15.9. The number of carbonyl (C=O) groups is 1. The Morgan fingerprint density at radius 1 is 1.17 bits per heavy atom. The summed E-state index contributed by atoms with van der Waals surface area (Å²) in [6.45, 7) is 2.69. The van der Waals surface area contributed by atoms with Crippen molar-refractivity contribution < 1.29 is 22.4 Å². The third kappa shape index (κ3) is 7.52. The maximum atomic E-state index is 12.8. The van der Waals surface area contributed by atoms with Crippen LogP contribution in [0.5, 0.6) is 0 Å². The van der Waals surface area contributed by atoms with Crippen LogP contribution < -0.4 is 16.0 Å². The summed E-state index contributed by atoms with van der Waals surface area (Å²) in [5.74, 6) is 0.806. The minimum Gasteiger partial charge on any atom is -0.467 e. The van der Waals surface area contributed by atoms with E-state index in [1.807, 2.05) is 6.92 Å². The lowest BCUT2D eigenvalue weighted by Crippen LogP contribution is -2.43. The van der Waals surface area contributed by atoms with Gasteiger partial charge in [-0.15, -0.1) is 0 Å². The summed E-state index contributed by atoms with van der Waals surface area (Å²) in [5.41, 5.74) is -0.0188. The van der Waals surface area contributed by atoms with Gasteiger partial charge in [0, 0.05) is 13.6 Å². The van der Waals surface area contributed by atoms with Crippen LogP contribution in [-0.2, 0) is 17.5 Å². The predicted octanol–water partition coefficient (Wildman–Crippen LogP) is 3.27. The first-order valence-corrected chi connectivity index (χ1v) is 9.20. The summed E-state index contributed by atoms with van der Waals surface area (Å²) in [7, 11) is 1.58. The van der Waals surface area contributed by atoms with Crippen LogP contribution >= 0.6 is 0 Å². The summed E-state index contributed by atoms with van der Waals surface area (Å²) < 4.78 is 43.7. The second-order valence-electron chi connectivity index (χ2n) is 6.52. The number of nitrogens with one attached hydrogen (secondary N) is 3. The van der Waals surface area contributed by atoms with Gasteiger partial charge in [-0.1, -0.05) is 25.1 Å². The molecule has 0 aliphatic rings. The Labute approximate surface area is 167 Å². The molecule has 1 aromatic heterocycles. The molecule has 2 aromatic rings. The number of carbonyl (C=O) groups excluding carboxylic acids is 1. The lowest BCUT2D eigenvalue weighted by Gasteiger charge is -2.16. The van der Waals surface area contributed by atoms with Gasteiger partial charge in [0.1, 0.15) is 5.76 Å². The predicted molar refractivity (Wildman–Crippen MR) is 104 cm³/mol. The van der Waals surface area contributed by atoms with E-state index in [1.54, 1.807) is 25.2 Å². The highest BCUT2D eigenvalue weighted by Gasteiger charge is 2.30. The molecular formula is C20H25F3N4O2. The molecule has 1 aromatic carbocycles. The third-order valence-electron chi connectivity index (χ3n) is 4.33. The Morgan fingerprint density at radius 2 is 1.97 bits per heavy atom. The van der Waals surface area contributed by atoms with E-state index in [0.29, 0.717) is 36.8 Å². The van der Waals surface area contributed by atoms with Gasteiger partial charge in [-0.25, -0.2) is 0 Å². The zero-order chi connectivity index (χ0) is 21.3. The number of halogens is 3. The molecule has 0 bridgehead atoms. The third-order valence-corrected chi connectivity index (χ3v) is 4.33. The molecule has 0 radical (unpaired) electrons. The molecule has 6 nitrogen and oxygen atoms in total. The highest BCUT2D eigenvalue weighted by molar-refractivity contribution is 5.86. The smallest absolute Gasteiger partial charge is 0.416 e. The fourth-order valence-electron chi connectivity index (χ4n) is 2.64. The molecule has 9 heteroatoms. The van der Waals surface area contributed by atoms with Gasteiger partial charge < -0.3 is 20.4 Å². The SMILES string of the molecule is CN=C(NCCC(C)c1cccc(C(F)(F)F)c1)NCC(=O)NCc1ccco1. The second kappa shape index (κ2) is 10.5. The van der Waals surface area contributed by atoms with Crippen molar-refractivity contribution >= 4 is 11.9 Å². The number of hydrogen-bond acceptors (Lipinski definition) is 3. The van der Waals surface area contributed by atoms with Crippen molar-refractivity contribution in [2.45, 2.75) is 32.0 Å². The first-order valence-electron chi connectivity index (χ1n) is 9.20. The number of rotatable bonds is 8. The number of aliphatic imine (C=N–C) groups is 1. The van der Waals surface area contributed by atoms with E-state index in [-0.39, 0.29) is 18.4 Å². The zero-order valence-corrected chi connectivity index (χ0v) is 16.3. The molecule has 0 fully saturated rings. The highest BCUT2D eigenvalue weighted by Crippen LogP contribution is 2.31. The molecule has 0 saturated heterocycles. The van der Waals surface area contributed by atoms with Crippen LogP contribution in [0.4, 0.5) is 13.2 Å². The molecule has 0 aliphatic carbocycles. The molecule has 1 heterocycles. The maximum Gasteiger partial charge on any atom is 0.416 e. The molecule has 1 unspecified atom stereocenters. The number of amides is 1. The van der Waals surface area contributed by atoms with Crippen LogP contribution in [0.2, 0.25) is 0 Å². The van der Waals surface area contributed by atoms with Crippen LogP contribution in [0, 0.1) is 0 Å². The van der Waals surface area contributed by atoms with E-state index < -0.39 is 11.7 Å². The van der Waals surface area contributed by atoms with Crippen LogP contribution in [0.25, 0.3) is 0 Å². The average Bonchev–Trinajstić information content (AvgIpc) is 3.22. The van der Waals surface area contributed by atoms with Gasteiger partial charge in [0.2, 0.25) is 5.91 Å². The van der Waals surface area contributed by atoms with Gasteiger partial charge in [-0.2, -0.15) is 13.2 Å².